The van der Waals surface area contributed by atoms with Crippen molar-refractivity contribution in [3.63, 3.8) is 0 Å². The molecule has 1 aliphatic rings. The van der Waals surface area contributed by atoms with Crippen molar-refractivity contribution in [2.24, 2.45) is 0 Å². The van der Waals surface area contributed by atoms with E-state index in [4.69, 9.17) is 9.26 Å². The van der Waals surface area contributed by atoms with Gasteiger partial charge in [-0.2, -0.15) is 0 Å². The summed E-state index contributed by atoms with van der Waals surface area (Å²) < 4.78 is 24.4. The van der Waals surface area contributed by atoms with Crippen molar-refractivity contribution in [1.29, 1.82) is 0 Å². The molecule has 1 aromatic heterocycles. The van der Waals surface area contributed by atoms with Gasteiger partial charge in [-0.05, 0) is 54.8 Å². The lowest BCUT2D eigenvalue weighted by molar-refractivity contribution is -0.0372. The van der Waals surface area contributed by atoms with E-state index in [2.05, 4.69) is 10.1 Å². The fourth-order valence-electron chi connectivity index (χ4n) is 4.51. The molecule has 7 heteroatoms. The minimum Gasteiger partial charge on any atom is -0.491 e. The number of ether oxygens (including phenoxy) is 1. The summed E-state index contributed by atoms with van der Waals surface area (Å²) in [7, 11) is 0. The van der Waals surface area contributed by atoms with Gasteiger partial charge in [0.2, 0.25) is 0 Å². The molecule has 1 atom stereocenters. The lowest BCUT2D eigenvalue weighted by Crippen LogP contribution is -2.46. The summed E-state index contributed by atoms with van der Waals surface area (Å²) in [6.45, 7) is 2.09. The van der Waals surface area contributed by atoms with Gasteiger partial charge in [-0.3, -0.25) is 0 Å². The molecule has 0 bridgehead atoms. The lowest BCUT2D eigenvalue weighted by Gasteiger charge is -2.39. The summed E-state index contributed by atoms with van der Waals surface area (Å²) in [6.07, 6.45) is 0.627. The average molecular weight is 463 g/mol. The molecule has 6 nitrogen and oxygen atoms in total. The van der Waals surface area contributed by atoms with E-state index < -0.39 is 11.7 Å². The summed E-state index contributed by atoms with van der Waals surface area (Å²) in [5.74, 6) is 0.271. The molecule has 3 aromatic carbocycles. The molecule has 0 spiro atoms. The Hall–Kier alpha value is -3.26. The highest BCUT2D eigenvalue weighted by Crippen LogP contribution is 2.33. The second-order valence-electron chi connectivity index (χ2n) is 8.86. The second kappa shape index (κ2) is 9.54. The van der Waals surface area contributed by atoms with E-state index in [0.29, 0.717) is 49.5 Å². The van der Waals surface area contributed by atoms with Crippen molar-refractivity contribution in [2.75, 3.05) is 26.2 Å². The monoisotopic (exact) mass is 462 g/mol. The summed E-state index contributed by atoms with van der Waals surface area (Å²) >= 11 is 0. The molecule has 176 valence electrons. The Kier molecular flexibility index (Phi) is 6.32. The number of fused-ring (bicyclic) bond motifs is 1. The Morgan fingerprint density at radius 1 is 1.03 bits per heavy atom. The van der Waals surface area contributed by atoms with Crippen LogP contribution in [0.25, 0.3) is 22.2 Å². The van der Waals surface area contributed by atoms with E-state index in [1.165, 1.54) is 12.1 Å². The predicted octanol–water partition coefficient (Wildman–Crippen LogP) is 4.36. The maximum Gasteiger partial charge on any atom is 0.170 e. The smallest absolute Gasteiger partial charge is 0.170 e. The third kappa shape index (κ3) is 4.82. The van der Waals surface area contributed by atoms with Crippen LogP contribution in [0.15, 0.2) is 77.3 Å². The molecule has 0 amide bonds. The largest absolute Gasteiger partial charge is 0.491 e. The maximum absolute atomic E-state index is 13.4. The number of halogens is 1. The molecular formula is C27H27FN2O4. The quantitative estimate of drug-likeness (QED) is 0.425. The van der Waals surface area contributed by atoms with Gasteiger partial charge in [0.1, 0.15) is 30.0 Å². The van der Waals surface area contributed by atoms with E-state index in [9.17, 15) is 14.6 Å². The van der Waals surface area contributed by atoms with Gasteiger partial charge >= 0.3 is 0 Å². The van der Waals surface area contributed by atoms with Crippen molar-refractivity contribution < 1.29 is 23.9 Å². The van der Waals surface area contributed by atoms with Gasteiger partial charge < -0.3 is 24.4 Å². The fourth-order valence-corrected chi connectivity index (χ4v) is 4.51. The number of piperidine rings is 1. The Morgan fingerprint density at radius 3 is 2.50 bits per heavy atom. The number of aliphatic hydroxyl groups is 2. The Bertz CT molecular complexity index is 1230. The van der Waals surface area contributed by atoms with Crippen molar-refractivity contribution in [2.45, 2.75) is 24.5 Å². The molecule has 1 aliphatic heterocycles. The van der Waals surface area contributed by atoms with Crippen molar-refractivity contribution in [3.05, 3.63) is 84.2 Å². The molecule has 4 aromatic rings. The highest BCUT2D eigenvalue weighted by atomic mass is 19.1. The number of β-amino-alcohol motifs (C(OH)–C–C–N with tert-alkyl or cyclic N) is 1. The van der Waals surface area contributed by atoms with Gasteiger partial charge in [0.15, 0.2) is 5.58 Å². The van der Waals surface area contributed by atoms with Crippen molar-refractivity contribution >= 4 is 11.0 Å². The SMILES string of the molecule is OC(COc1ccc(-c2noc3cc(F)ccc23)cc1)CN1CCC(O)(c2ccccc2)CC1. The molecule has 1 unspecified atom stereocenters. The Labute approximate surface area is 197 Å². The standard InChI is InChI=1S/C27H27FN2O4/c28-21-8-11-24-25(16-21)34-29-26(24)19-6-9-23(10-7-19)33-18-22(31)17-30-14-12-27(32,13-15-30)20-4-2-1-3-5-20/h1-11,16,22,31-32H,12-15,17-18H2. The van der Waals surface area contributed by atoms with Gasteiger partial charge in [0.25, 0.3) is 0 Å². The first-order valence-corrected chi connectivity index (χ1v) is 11.5. The number of nitrogens with zero attached hydrogens (tertiary/aromatic N) is 2. The number of aliphatic hydroxyl groups excluding tert-OH is 1. The van der Waals surface area contributed by atoms with Gasteiger partial charge in [-0.1, -0.05) is 35.5 Å². The number of rotatable bonds is 7. The van der Waals surface area contributed by atoms with Crippen LogP contribution in [-0.2, 0) is 5.60 Å². The molecule has 0 radical (unpaired) electrons. The van der Waals surface area contributed by atoms with Gasteiger partial charge in [-0.25, -0.2) is 4.39 Å². The van der Waals surface area contributed by atoms with Crippen LogP contribution >= 0.6 is 0 Å². The molecule has 0 aliphatic carbocycles. The zero-order valence-corrected chi connectivity index (χ0v) is 18.7. The summed E-state index contributed by atoms with van der Waals surface area (Å²) in [6, 6.07) is 21.5. The third-order valence-electron chi connectivity index (χ3n) is 6.47. The first-order valence-electron chi connectivity index (χ1n) is 11.5. The minimum absolute atomic E-state index is 0.172. The number of aromatic nitrogens is 1. The molecule has 2 N–H and O–H groups in total. The summed E-state index contributed by atoms with van der Waals surface area (Å²) in [4.78, 5) is 2.16. The maximum atomic E-state index is 13.4. The predicted molar refractivity (Wildman–Crippen MR) is 127 cm³/mol. The van der Waals surface area contributed by atoms with Crippen LogP contribution in [0, 0.1) is 5.82 Å². The summed E-state index contributed by atoms with van der Waals surface area (Å²) in [5.41, 5.74) is 2.02. The number of likely N-dealkylation sites (tertiary alicyclic amines) is 1. The first-order chi connectivity index (χ1) is 16.5. The van der Waals surface area contributed by atoms with Crippen LogP contribution < -0.4 is 4.74 Å². The average Bonchev–Trinajstić information content (AvgIpc) is 3.28. The van der Waals surface area contributed by atoms with E-state index in [0.717, 1.165) is 16.5 Å². The minimum atomic E-state index is -0.801. The normalized spacial score (nSPS) is 17.0. The highest BCUT2D eigenvalue weighted by molar-refractivity contribution is 5.91. The van der Waals surface area contributed by atoms with Crippen molar-refractivity contribution in [3.8, 4) is 17.0 Å². The topological polar surface area (TPSA) is 79.0 Å². The van der Waals surface area contributed by atoms with Gasteiger partial charge in [-0.15, -0.1) is 0 Å². The van der Waals surface area contributed by atoms with Crippen LogP contribution in [0.4, 0.5) is 4.39 Å². The van der Waals surface area contributed by atoms with E-state index >= 15 is 0 Å². The van der Waals surface area contributed by atoms with Crippen LogP contribution in [0.5, 0.6) is 5.75 Å². The van der Waals surface area contributed by atoms with Crippen molar-refractivity contribution in [1.82, 2.24) is 10.1 Å². The molecular weight excluding hydrogens is 435 g/mol. The molecule has 0 saturated carbocycles. The summed E-state index contributed by atoms with van der Waals surface area (Å²) in [5, 5.41) is 26.2. The fraction of sp³-hybridized carbons (Fsp3) is 0.296. The lowest BCUT2D eigenvalue weighted by atomic mass is 9.84. The van der Waals surface area contributed by atoms with E-state index in [1.54, 1.807) is 6.07 Å². The highest BCUT2D eigenvalue weighted by Gasteiger charge is 2.34. The Morgan fingerprint density at radius 2 is 1.76 bits per heavy atom. The van der Waals surface area contributed by atoms with Crippen LogP contribution in [0.1, 0.15) is 18.4 Å². The molecule has 34 heavy (non-hydrogen) atoms. The molecule has 5 rings (SSSR count). The number of hydrogen-bond donors (Lipinski definition) is 2. The van der Waals surface area contributed by atoms with Gasteiger partial charge in [0, 0.05) is 36.7 Å². The first kappa shape index (κ1) is 22.5. The zero-order chi connectivity index (χ0) is 23.5. The number of hydrogen-bond acceptors (Lipinski definition) is 6. The third-order valence-corrected chi connectivity index (χ3v) is 6.47. The van der Waals surface area contributed by atoms with E-state index in [-0.39, 0.29) is 12.4 Å². The second-order valence-corrected chi connectivity index (χ2v) is 8.86. The van der Waals surface area contributed by atoms with Crippen LogP contribution in [-0.4, -0.2) is 52.6 Å². The molecule has 2 heterocycles. The number of benzene rings is 3. The Balaban J connectivity index is 1.12. The van der Waals surface area contributed by atoms with E-state index in [1.807, 2.05) is 54.6 Å². The molecule has 1 fully saturated rings. The van der Waals surface area contributed by atoms with Crippen LogP contribution in [0.3, 0.4) is 0 Å². The zero-order valence-electron chi connectivity index (χ0n) is 18.7. The molecule has 1 saturated heterocycles. The van der Waals surface area contributed by atoms with Gasteiger partial charge in [0.05, 0.1) is 5.60 Å². The van der Waals surface area contributed by atoms with Crippen LogP contribution in [0.2, 0.25) is 0 Å².